The smallest absolute Gasteiger partial charge is 0.223 e. The predicted octanol–water partition coefficient (Wildman–Crippen LogP) is 4.61. The Morgan fingerprint density at radius 3 is 2.96 bits per heavy atom. The van der Waals surface area contributed by atoms with E-state index in [2.05, 4.69) is 18.8 Å². The van der Waals surface area contributed by atoms with Crippen molar-refractivity contribution in [2.75, 3.05) is 13.2 Å². The topological polar surface area (TPSA) is 45.3 Å². The molecular weight excluding hydrogens is 343 g/mol. The van der Waals surface area contributed by atoms with E-state index in [0.717, 1.165) is 30.3 Å². The molecule has 1 aliphatic heterocycles. The van der Waals surface area contributed by atoms with Crippen molar-refractivity contribution in [3.8, 4) is 0 Å². The van der Waals surface area contributed by atoms with Crippen molar-refractivity contribution in [2.24, 2.45) is 5.92 Å². The molecule has 1 saturated heterocycles. The summed E-state index contributed by atoms with van der Waals surface area (Å²) in [7, 11) is 0. The fourth-order valence-electron chi connectivity index (χ4n) is 4.87. The van der Waals surface area contributed by atoms with E-state index >= 15 is 0 Å². The second-order valence-electron chi connectivity index (χ2n) is 8.31. The zero-order valence-corrected chi connectivity index (χ0v) is 16.2. The number of morpholine rings is 1. The van der Waals surface area contributed by atoms with Gasteiger partial charge in [-0.05, 0) is 42.4 Å². The summed E-state index contributed by atoms with van der Waals surface area (Å²) in [5, 5.41) is 0.626. The minimum atomic E-state index is -0.222. The van der Waals surface area contributed by atoms with Gasteiger partial charge in [0, 0.05) is 30.1 Å². The molecule has 2 aliphatic rings. The summed E-state index contributed by atoms with van der Waals surface area (Å²) >= 11 is 0. The highest BCUT2D eigenvalue weighted by Crippen LogP contribution is 2.36. The van der Waals surface area contributed by atoms with Crippen LogP contribution in [-0.2, 0) is 9.53 Å². The molecule has 2 heterocycles. The zero-order chi connectivity index (χ0) is 19.0. The standard InChI is InChI=1S/C22H29FN2O2/c1-14(2)15(16-13-24-18-7-5-6-17(23)22(16)18)12-21(26)25-10-11-27-20-9-4-3-8-19(20)25/h5-7,13-15,19-20,24H,3-4,8-12H2,1-2H3. The van der Waals surface area contributed by atoms with E-state index in [0.29, 0.717) is 25.0 Å². The summed E-state index contributed by atoms with van der Waals surface area (Å²) in [5.41, 5.74) is 1.71. The SMILES string of the molecule is CC(C)C(CC(=O)N1CCOC2CCCCC21)c1c[nH]c2cccc(F)c12. The van der Waals surface area contributed by atoms with E-state index in [1.165, 1.54) is 12.5 Å². The van der Waals surface area contributed by atoms with E-state index in [-0.39, 0.29) is 35.7 Å². The number of fused-ring (bicyclic) bond motifs is 2. The Labute approximate surface area is 160 Å². The van der Waals surface area contributed by atoms with Gasteiger partial charge >= 0.3 is 0 Å². The molecule has 1 saturated carbocycles. The number of nitrogens with zero attached hydrogens (tertiary/aromatic N) is 1. The van der Waals surface area contributed by atoms with E-state index in [4.69, 9.17) is 4.74 Å². The first-order valence-corrected chi connectivity index (χ1v) is 10.2. The highest BCUT2D eigenvalue weighted by molar-refractivity contribution is 5.86. The molecule has 2 fully saturated rings. The average Bonchev–Trinajstić information content (AvgIpc) is 3.10. The van der Waals surface area contributed by atoms with Crippen LogP contribution >= 0.6 is 0 Å². The predicted molar refractivity (Wildman–Crippen MR) is 104 cm³/mol. The van der Waals surface area contributed by atoms with Crippen LogP contribution in [0.5, 0.6) is 0 Å². The molecule has 2 aromatic rings. The molecule has 1 aromatic carbocycles. The number of carbonyl (C=O) groups is 1. The maximum Gasteiger partial charge on any atom is 0.223 e. The van der Waals surface area contributed by atoms with Crippen LogP contribution in [0.2, 0.25) is 0 Å². The number of carbonyl (C=O) groups excluding carboxylic acids is 1. The summed E-state index contributed by atoms with van der Waals surface area (Å²) in [6.45, 7) is 5.52. The number of H-pyrrole nitrogens is 1. The molecule has 3 unspecified atom stereocenters. The third kappa shape index (κ3) is 3.49. The monoisotopic (exact) mass is 372 g/mol. The molecule has 4 rings (SSSR count). The molecule has 1 aromatic heterocycles. The molecular formula is C22H29FN2O2. The van der Waals surface area contributed by atoms with E-state index in [1.54, 1.807) is 6.07 Å². The molecule has 0 spiro atoms. The highest BCUT2D eigenvalue weighted by atomic mass is 19.1. The van der Waals surface area contributed by atoms with E-state index in [1.807, 2.05) is 17.2 Å². The molecule has 3 atom stereocenters. The van der Waals surface area contributed by atoms with Gasteiger partial charge in [0.2, 0.25) is 5.91 Å². The average molecular weight is 372 g/mol. The zero-order valence-electron chi connectivity index (χ0n) is 16.2. The number of halogens is 1. The summed E-state index contributed by atoms with van der Waals surface area (Å²) < 4.78 is 20.4. The number of ether oxygens (including phenoxy) is 1. The minimum absolute atomic E-state index is 0.00645. The summed E-state index contributed by atoms with van der Waals surface area (Å²) in [5.74, 6) is 0.198. The number of aromatic nitrogens is 1. The summed E-state index contributed by atoms with van der Waals surface area (Å²) in [6.07, 6.45) is 6.93. The lowest BCUT2D eigenvalue weighted by molar-refractivity contribution is -0.150. The van der Waals surface area contributed by atoms with Crippen LogP contribution in [0.25, 0.3) is 10.9 Å². The van der Waals surface area contributed by atoms with Crippen molar-refractivity contribution in [3.63, 3.8) is 0 Å². The van der Waals surface area contributed by atoms with Gasteiger partial charge in [-0.1, -0.05) is 32.8 Å². The van der Waals surface area contributed by atoms with E-state index < -0.39 is 0 Å². The number of amides is 1. The Bertz CT molecular complexity index is 814. The molecule has 27 heavy (non-hydrogen) atoms. The molecule has 4 nitrogen and oxygen atoms in total. The number of hydrogen-bond donors (Lipinski definition) is 1. The van der Waals surface area contributed by atoms with E-state index in [9.17, 15) is 9.18 Å². The van der Waals surface area contributed by atoms with Crippen LogP contribution in [0.15, 0.2) is 24.4 Å². The number of hydrogen-bond acceptors (Lipinski definition) is 2. The lowest BCUT2D eigenvalue weighted by Gasteiger charge is -2.44. The van der Waals surface area contributed by atoms with Gasteiger partial charge in [-0.15, -0.1) is 0 Å². The normalized spacial score (nSPS) is 24.2. The highest BCUT2D eigenvalue weighted by Gasteiger charge is 2.37. The molecule has 0 bridgehead atoms. The second-order valence-corrected chi connectivity index (χ2v) is 8.31. The number of nitrogens with one attached hydrogen (secondary N) is 1. The van der Waals surface area contributed by atoms with Gasteiger partial charge < -0.3 is 14.6 Å². The molecule has 5 heteroatoms. The molecule has 1 amide bonds. The number of aromatic amines is 1. The first-order valence-electron chi connectivity index (χ1n) is 10.2. The van der Waals surface area contributed by atoms with Crippen LogP contribution in [0.4, 0.5) is 4.39 Å². The van der Waals surface area contributed by atoms with Crippen molar-refractivity contribution < 1.29 is 13.9 Å². The Balaban J connectivity index is 1.59. The van der Waals surface area contributed by atoms with Gasteiger partial charge in [-0.25, -0.2) is 4.39 Å². The fourth-order valence-corrected chi connectivity index (χ4v) is 4.87. The Hall–Kier alpha value is -1.88. The maximum atomic E-state index is 14.5. The molecule has 1 N–H and O–H groups in total. The van der Waals surface area contributed by atoms with Gasteiger partial charge in [-0.2, -0.15) is 0 Å². The van der Waals surface area contributed by atoms with Crippen LogP contribution in [0, 0.1) is 11.7 Å². The van der Waals surface area contributed by atoms with Crippen molar-refractivity contribution in [1.29, 1.82) is 0 Å². The lowest BCUT2D eigenvalue weighted by atomic mass is 9.84. The number of rotatable bonds is 4. The quantitative estimate of drug-likeness (QED) is 0.852. The molecule has 0 radical (unpaired) electrons. The third-order valence-electron chi connectivity index (χ3n) is 6.34. The summed E-state index contributed by atoms with van der Waals surface area (Å²) in [6, 6.07) is 5.31. The first kappa shape index (κ1) is 18.5. The second kappa shape index (κ2) is 7.63. The van der Waals surface area contributed by atoms with Crippen LogP contribution in [0.3, 0.4) is 0 Å². The Kier molecular flexibility index (Phi) is 5.22. The fraction of sp³-hybridized carbons (Fsp3) is 0.591. The maximum absolute atomic E-state index is 14.5. The van der Waals surface area contributed by atoms with Gasteiger partial charge in [0.25, 0.3) is 0 Å². The van der Waals surface area contributed by atoms with Crippen molar-refractivity contribution >= 4 is 16.8 Å². The van der Waals surface area contributed by atoms with Gasteiger partial charge in [0.15, 0.2) is 0 Å². The number of benzene rings is 1. The third-order valence-corrected chi connectivity index (χ3v) is 6.34. The van der Waals surface area contributed by atoms with Crippen LogP contribution in [0.1, 0.15) is 57.4 Å². The van der Waals surface area contributed by atoms with Gasteiger partial charge in [-0.3, -0.25) is 4.79 Å². The van der Waals surface area contributed by atoms with Crippen LogP contribution in [-0.4, -0.2) is 41.1 Å². The Morgan fingerprint density at radius 2 is 2.15 bits per heavy atom. The lowest BCUT2D eigenvalue weighted by Crippen LogP contribution is -2.55. The minimum Gasteiger partial charge on any atom is -0.374 e. The van der Waals surface area contributed by atoms with Gasteiger partial charge in [0.1, 0.15) is 5.82 Å². The van der Waals surface area contributed by atoms with Gasteiger partial charge in [0.05, 0.1) is 18.8 Å². The van der Waals surface area contributed by atoms with Crippen LogP contribution < -0.4 is 0 Å². The first-order chi connectivity index (χ1) is 13.1. The summed E-state index contributed by atoms with van der Waals surface area (Å²) in [4.78, 5) is 18.5. The molecule has 146 valence electrons. The van der Waals surface area contributed by atoms with Crippen molar-refractivity contribution in [3.05, 3.63) is 35.8 Å². The molecule has 1 aliphatic carbocycles. The largest absolute Gasteiger partial charge is 0.374 e. The van der Waals surface area contributed by atoms with Crippen molar-refractivity contribution in [1.82, 2.24) is 9.88 Å². The Morgan fingerprint density at radius 1 is 1.33 bits per heavy atom. The van der Waals surface area contributed by atoms with Crippen molar-refractivity contribution in [2.45, 2.75) is 64.0 Å².